The fraction of sp³-hybridized carbons (Fsp3) is 0.350. The van der Waals surface area contributed by atoms with Crippen LogP contribution in [0.3, 0.4) is 0 Å². The monoisotopic (exact) mass is 422 g/mol. The summed E-state index contributed by atoms with van der Waals surface area (Å²) in [5, 5.41) is 3.08. The summed E-state index contributed by atoms with van der Waals surface area (Å²) in [4.78, 5) is 14.2. The highest BCUT2D eigenvalue weighted by atomic mass is 35.5. The molecule has 1 saturated heterocycles. The van der Waals surface area contributed by atoms with Gasteiger partial charge in [0.15, 0.2) is 0 Å². The molecule has 1 aliphatic rings. The third-order valence-electron chi connectivity index (χ3n) is 5.07. The van der Waals surface area contributed by atoms with Crippen LogP contribution in [0, 0.1) is 0 Å². The standard InChI is InChI=1S/C20H24ClN3O3S/c1-22-28(26,27)17-8-9-19(21)18(12-17)20(25)23-13-15-6-2-3-7-16(15)14-24-10-4-5-11-24/h2-3,6-9,12,22H,4-5,10-11,13-14H2,1H3,(H,23,25)/p+1. The molecule has 0 spiro atoms. The van der Waals surface area contributed by atoms with E-state index in [0.29, 0.717) is 6.54 Å². The molecule has 0 bridgehead atoms. The molecule has 28 heavy (non-hydrogen) atoms. The molecule has 150 valence electrons. The molecular weight excluding hydrogens is 398 g/mol. The van der Waals surface area contributed by atoms with Gasteiger partial charge in [-0.1, -0.05) is 35.9 Å². The van der Waals surface area contributed by atoms with Crippen molar-refractivity contribution in [3.05, 3.63) is 64.2 Å². The molecule has 2 aromatic carbocycles. The molecule has 1 fully saturated rings. The SMILES string of the molecule is CNS(=O)(=O)c1ccc(Cl)c(C(=O)NCc2ccccc2C[NH+]2CCCC2)c1. The fourth-order valence-corrected chi connectivity index (χ4v) is 4.42. The maximum atomic E-state index is 12.6. The van der Waals surface area contributed by atoms with Gasteiger partial charge >= 0.3 is 0 Å². The number of amides is 1. The van der Waals surface area contributed by atoms with Crippen LogP contribution in [0.5, 0.6) is 0 Å². The minimum Gasteiger partial charge on any atom is -0.348 e. The van der Waals surface area contributed by atoms with Crippen LogP contribution < -0.4 is 14.9 Å². The van der Waals surface area contributed by atoms with E-state index < -0.39 is 15.9 Å². The van der Waals surface area contributed by atoms with Crippen molar-refractivity contribution in [2.45, 2.75) is 30.8 Å². The van der Waals surface area contributed by atoms with E-state index in [9.17, 15) is 13.2 Å². The van der Waals surface area contributed by atoms with Gasteiger partial charge in [0.1, 0.15) is 6.54 Å². The summed E-state index contributed by atoms with van der Waals surface area (Å²) in [5.74, 6) is -0.401. The second kappa shape index (κ2) is 9.05. The molecule has 1 amide bonds. The predicted molar refractivity (Wildman–Crippen MR) is 109 cm³/mol. The fourth-order valence-electron chi connectivity index (χ4n) is 3.46. The number of carbonyl (C=O) groups is 1. The Morgan fingerprint density at radius 3 is 2.46 bits per heavy atom. The van der Waals surface area contributed by atoms with Crippen molar-refractivity contribution in [3.63, 3.8) is 0 Å². The number of nitrogens with one attached hydrogen (secondary N) is 3. The van der Waals surface area contributed by atoms with Gasteiger partial charge in [0.2, 0.25) is 10.0 Å². The molecule has 0 radical (unpaired) electrons. The second-order valence-electron chi connectivity index (χ2n) is 6.93. The Bertz CT molecular complexity index is 957. The molecule has 3 rings (SSSR count). The molecular formula is C20H25ClN3O3S+. The Kier molecular flexibility index (Phi) is 6.72. The van der Waals surface area contributed by atoms with Crippen LogP contribution >= 0.6 is 11.6 Å². The van der Waals surface area contributed by atoms with Gasteiger partial charge in [-0.05, 0) is 30.8 Å². The Balaban J connectivity index is 1.73. The molecule has 0 unspecified atom stereocenters. The summed E-state index contributed by atoms with van der Waals surface area (Å²) in [6.07, 6.45) is 2.53. The van der Waals surface area contributed by atoms with Gasteiger partial charge in [0.25, 0.3) is 5.91 Å². The van der Waals surface area contributed by atoms with Crippen LogP contribution in [0.4, 0.5) is 0 Å². The first kappa shape index (κ1) is 20.8. The molecule has 0 atom stereocenters. The lowest BCUT2D eigenvalue weighted by Gasteiger charge is -2.16. The minimum absolute atomic E-state index is 0.00239. The quantitative estimate of drug-likeness (QED) is 0.630. The Morgan fingerprint density at radius 2 is 1.79 bits per heavy atom. The summed E-state index contributed by atoms with van der Waals surface area (Å²) in [7, 11) is -2.33. The number of halogens is 1. The molecule has 0 aromatic heterocycles. The summed E-state index contributed by atoms with van der Waals surface area (Å²) >= 11 is 6.13. The van der Waals surface area contributed by atoms with Crippen molar-refractivity contribution in [3.8, 4) is 0 Å². The number of carbonyl (C=O) groups excluding carboxylic acids is 1. The summed E-state index contributed by atoms with van der Waals surface area (Å²) in [5.41, 5.74) is 2.42. The lowest BCUT2D eigenvalue weighted by atomic mass is 10.1. The molecule has 1 aliphatic heterocycles. The van der Waals surface area contributed by atoms with Gasteiger partial charge in [0, 0.05) is 24.9 Å². The van der Waals surface area contributed by atoms with Gasteiger partial charge in [-0.25, -0.2) is 13.1 Å². The third kappa shape index (κ3) is 4.91. The first-order valence-corrected chi connectivity index (χ1v) is 11.2. The van der Waals surface area contributed by atoms with E-state index in [0.717, 1.165) is 12.1 Å². The van der Waals surface area contributed by atoms with Crippen LogP contribution in [0.2, 0.25) is 5.02 Å². The summed E-state index contributed by atoms with van der Waals surface area (Å²) < 4.78 is 26.2. The number of benzene rings is 2. The molecule has 8 heteroatoms. The lowest BCUT2D eigenvalue weighted by Crippen LogP contribution is -3.08. The maximum Gasteiger partial charge on any atom is 0.253 e. The largest absolute Gasteiger partial charge is 0.348 e. The zero-order chi connectivity index (χ0) is 20.1. The first-order chi connectivity index (χ1) is 13.4. The maximum absolute atomic E-state index is 12.6. The van der Waals surface area contributed by atoms with E-state index in [4.69, 9.17) is 11.6 Å². The molecule has 0 saturated carbocycles. The van der Waals surface area contributed by atoms with Gasteiger partial charge in [-0.15, -0.1) is 0 Å². The number of sulfonamides is 1. The predicted octanol–water partition coefficient (Wildman–Crippen LogP) is 1.36. The zero-order valence-electron chi connectivity index (χ0n) is 15.8. The number of rotatable bonds is 7. The van der Waals surface area contributed by atoms with Crippen LogP contribution in [-0.2, 0) is 23.1 Å². The average Bonchev–Trinajstić information content (AvgIpc) is 3.20. The highest BCUT2D eigenvalue weighted by Crippen LogP contribution is 2.20. The summed E-state index contributed by atoms with van der Waals surface area (Å²) in [6, 6.07) is 12.2. The zero-order valence-corrected chi connectivity index (χ0v) is 17.4. The average molecular weight is 423 g/mol. The molecule has 2 aromatic rings. The molecule has 0 aliphatic carbocycles. The number of hydrogen-bond donors (Lipinski definition) is 3. The van der Waals surface area contributed by atoms with E-state index in [-0.39, 0.29) is 15.5 Å². The van der Waals surface area contributed by atoms with E-state index in [1.165, 1.54) is 56.7 Å². The lowest BCUT2D eigenvalue weighted by molar-refractivity contribution is -0.901. The molecule has 6 nitrogen and oxygen atoms in total. The normalized spacial score (nSPS) is 14.9. The van der Waals surface area contributed by atoms with Gasteiger partial charge in [0.05, 0.1) is 28.6 Å². The van der Waals surface area contributed by atoms with E-state index in [1.54, 1.807) is 4.90 Å². The Morgan fingerprint density at radius 1 is 1.11 bits per heavy atom. The molecule has 3 N–H and O–H groups in total. The van der Waals surface area contributed by atoms with E-state index in [2.05, 4.69) is 16.1 Å². The smallest absolute Gasteiger partial charge is 0.253 e. The minimum atomic E-state index is -3.65. The van der Waals surface area contributed by atoms with Crippen molar-refractivity contribution in [1.82, 2.24) is 10.0 Å². The van der Waals surface area contributed by atoms with E-state index in [1.807, 2.05) is 18.2 Å². The Hall–Kier alpha value is -1.93. The van der Waals surface area contributed by atoms with Gasteiger partial charge in [-0.3, -0.25) is 4.79 Å². The van der Waals surface area contributed by atoms with Crippen molar-refractivity contribution >= 4 is 27.5 Å². The van der Waals surface area contributed by atoms with Crippen molar-refractivity contribution < 1.29 is 18.1 Å². The van der Waals surface area contributed by atoms with Crippen LogP contribution in [0.25, 0.3) is 0 Å². The van der Waals surface area contributed by atoms with Crippen molar-refractivity contribution in [2.24, 2.45) is 0 Å². The van der Waals surface area contributed by atoms with Crippen LogP contribution in [0.1, 0.15) is 34.3 Å². The molecule has 1 heterocycles. The number of quaternary nitrogens is 1. The Labute approximate surface area is 170 Å². The van der Waals surface area contributed by atoms with Crippen molar-refractivity contribution in [1.29, 1.82) is 0 Å². The van der Waals surface area contributed by atoms with Gasteiger partial charge in [-0.2, -0.15) is 0 Å². The second-order valence-corrected chi connectivity index (χ2v) is 9.23. The van der Waals surface area contributed by atoms with Crippen LogP contribution in [-0.4, -0.2) is 34.5 Å². The highest BCUT2D eigenvalue weighted by molar-refractivity contribution is 7.89. The van der Waals surface area contributed by atoms with E-state index >= 15 is 0 Å². The first-order valence-electron chi connectivity index (χ1n) is 9.32. The summed E-state index contributed by atoms with van der Waals surface area (Å²) in [6.45, 7) is 3.68. The number of likely N-dealkylation sites (tertiary alicyclic amines) is 1. The van der Waals surface area contributed by atoms with Crippen LogP contribution in [0.15, 0.2) is 47.4 Å². The topological polar surface area (TPSA) is 79.7 Å². The highest BCUT2D eigenvalue weighted by Gasteiger charge is 2.19. The van der Waals surface area contributed by atoms with Gasteiger partial charge < -0.3 is 10.2 Å². The third-order valence-corrected chi connectivity index (χ3v) is 6.81. The van der Waals surface area contributed by atoms with Crippen molar-refractivity contribution in [2.75, 3.05) is 20.1 Å². The number of hydrogen-bond acceptors (Lipinski definition) is 3.